The standard InChI is InChI=1S/C15H26N4O2/c1-5-13(15-10(2)18-19(4)11(15)3)17-14(20)8-12-9-21-7-6-16-12/h12-13,16H,5-9H2,1-4H3,(H,17,20). The van der Waals surface area contributed by atoms with Crippen molar-refractivity contribution in [3.8, 4) is 0 Å². The van der Waals surface area contributed by atoms with Crippen LogP contribution in [0.25, 0.3) is 0 Å². The molecule has 2 heterocycles. The van der Waals surface area contributed by atoms with E-state index in [9.17, 15) is 4.79 Å². The van der Waals surface area contributed by atoms with E-state index in [2.05, 4.69) is 22.7 Å². The molecule has 1 aliphatic rings. The molecule has 1 saturated heterocycles. The first-order valence-electron chi connectivity index (χ1n) is 7.63. The van der Waals surface area contributed by atoms with Crippen LogP contribution in [0.2, 0.25) is 0 Å². The summed E-state index contributed by atoms with van der Waals surface area (Å²) >= 11 is 0. The van der Waals surface area contributed by atoms with E-state index in [1.54, 1.807) is 0 Å². The van der Waals surface area contributed by atoms with E-state index in [1.807, 2.05) is 25.6 Å². The zero-order valence-electron chi connectivity index (χ0n) is 13.4. The Morgan fingerprint density at radius 3 is 2.86 bits per heavy atom. The third-order valence-electron chi connectivity index (χ3n) is 4.09. The highest BCUT2D eigenvalue weighted by Crippen LogP contribution is 2.23. The van der Waals surface area contributed by atoms with Gasteiger partial charge in [0.25, 0.3) is 0 Å². The Labute approximate surface area is 126 Å². The van der Waals surface area contributed by atoms with Crippen LogP contribution in [-0.2, 0) is 16.6 Å². The minimum absolute atomic E-state index is 0.0238. The Bertz CT molecular complexity index is 492. The molecule has 1 aromatic heterocycles. The number of ether oxygens (including phenoxy) is 1. The van der Waals surface area contributed by atoms with Crippen LogP contribution in [0.4, 0.5) is 0 Å². The quantitative estimate of drug-likeness (QED) is 0.849. The number of carbonyl (C=O) groups is 1. The van der Waals surface area contributed by atoms with Crippen molar-refractivity contribution in [3.63, 3.8) is 0 Å². The second-order valence-corrected chi connectivity index (χ2v) is 5.67. The number of hydrogen-bond acceptors (Lipinski definition) is 4. The monoisotopic (exact) mass is 294 g/mol. The molecule has 1 aliphatic heterocycles. The number of carbonyl (C=O) groups excluding carboxylic acids is 1. The predicted molar refractivity (Wildman–Crippen MR) is 81.1 cm³/mol. The lowest BCUT2D eigenvalue weighted by molar-refractivity contribution is -0.123. The van der Waals surface area contributed by atoms with Crippen LogP contribution in [0.1, 0.15) is 42.8 Å². The third kappa shape index (κ3) is 3.83. The van der Waals surface area contributed by atoms with Crippen molar-refractivity contribution >= 4 is 5.91 Å². The zero-order valence-corrected chi connectivity index (χ0v) is 13.4. The fourth-order valence-electron chi connectivity index (χ4n) is 2.90. The van der Waals surface area contributed by atoms with Gasteiger partial charge in [-0.2, -0.15) is 5.10 Å². The van der Waals surface area contributed by atoms with Gasteiger partial charge in [0.05, 0.1) is 24.9 Å². The van der Waals surface area contributed by atoms with Crippen LogP contribution in [0.15, 0.2) is 0 Å². The van der Waals surface area contributed by atoms with E-state index in [4.69, 9.17) is 4.74 Å². The van der Waals surface area contributed by atoms with Crippen molar-refractivity contribution in [2.45, 2.75) is 45.7 Å². The van der Waals surface area contributed by atoms with Crippen molar-refractivity contribution in [3.05, 3.63) is 17.0 Å². The number of aryl methyl sites for hydroxylation is 2. The summed E-state index contributed by atoms with van der Waals surface area (Å²) in [5, 5.41) is 10.9. The van der Waals surface area contributed by atoms with E-state index < -0.39 is 0 Å². The van der Waals surface area contributed by atoms with Crippen molar-refractivity contribution in [2.75, 3.05) is 19.8 Å². The summed E-state index contributed by atoms with van der Waals surface area (Å²) in [7, 11) is 1.93. The van der Waals surface area contributed by atoms with Gasteiger partial charge < -0.3 is 15.4 Å². The topological polar surface area (TPSA) is 68.2 Å². The fourth-order valence-corrected chi connectivity index (χ4v) is 2.90. The van der Waals surface area contributed by atoms with Crippen molar-refractivity contribution in [1.82, 2.24) is 20.4 Å². The van der Waals surface area contributed by atoms with E-state index in [1.165, 1.54) is 0 Å². The lowest BCUT2D eigenvalue weighted by Crippen LogP contribution is -2.44. The zero-order chi connectivity index (χ0) is 15.4. The molecule has 0 spiro atoms. The predicted octanol–water partition coefficient (Wildman–Crippen LogP) is 0.983. The molecule has 1 aromatic rings. The molecule has 118 valence electrons. The van der Waals surface area contributed by atoms with Crippen molar-refractivity contribution < 1.29 is 9.53 Å². The maximum atomic E-state index is 12.2. The van der Waals surface area contributed by atoms with Gasteiger partial charge >= 0.3 is 0 Å². The van der Waals surface area contributed by atoms with Gasteiger partial charge in [-0.15, -0.1) is 0 Å². The van der Waals surface area contributed by atoms with Gasteiger partial charge in [0, 0.05) is 37.3 Å². The molecule has 0 bridgehead atoms. The van der Waals surface area contributed by atoms with Gasteiger partial charge in [0.2, 0.25) is 5.91 Å². The molecule has 2 N–H and O–H groups in total. The summed E-state index contributed by atoms with van der Waals surface area (Å²) in [6, 6.07) is 0.142. The normalized spacial score (nSPS) is 20.3. The molecule has 0 aliphatic carbocycles. The Balaban J connectivity index is 1.99. The number of nitrogens with one attached hydrogen (secondary N) is 2. The van der Waals surface area contributed by atoms with Gasteiger partial charge in [0.15, 0.2) is 0 Å². The van der Waals surface area contributed by atoms with E-state index in [0.29, 0.717) is 13.0 Å². The van der Waals surface area contributed by atoms with Gasteiger partial charge in [-0.25, -0.2) is 0 Å². The molecule has 0 radical (unpaired) electrons. The second-order valence-electron chi connectivity index (χ2n) is 5.67. The van der Waals surface area contributed by atoms with Crippen LogP contribution >= 0.6 is 0 Å². The van der Waals surface area contributed by atoms with Crippen LogP contribution in [-0.4, -0.2) is 41.5 Å². The lowest BCUT2D eigenvalue weighted by Gasteiger charge is -2.25. The van der Waals surface area contributed by atoms with Crippen molar-refractivity contribution in [1.29, 1.82) is 0 Å². The smallest absolute Gasteiger partial charge is 0.222 e. The number of hydrogen-bond donors (Lipinski definition) is 2. The Hall–Kier alpha value is -1.40. The molecule has 2 atom stereocenters. The molecule has 2 unspecified atom stereocenters. The SMILES string of the molecule is CCC(NC(=O)CC1COCCN1)c1c(C)nn(C)c1C. The average Bonchev–Trinajstić information content (AvgIpc) is 2.71. The Morgan fingerprint density at radius 1 is 1.57 bits per heavy atom. The summed E-state index contributed by atoms with van der Waals surface area (Å²) in [5.41, 5.74) is 3.24. The van der Waals surface area contributed by atoms with Gasteiger partial charge in [0.1, 0.15) is 0 Å². The van der Waals surface area contributed by atoms with Crippen LogP contribution in [0.5, 0.6) is 0 Å². The maximum absolute atomic E-state index is 12.2. The van der Waals surface area contributed by atoms with Gasteiger partial charge in [-0.1, -0.05) is 6.92 Å². The maximum Gasteiger partial charge on any atom is 0.222 e. The minimum atomic E-state index is 0.0238. The van der Waals surface area contributed by atoms with Crippen LogP contribution in [0, 0.1) is 13.8 Å². The number of morpholine rings is 1. The summed E-state index contributed by atoms with van der Waals surface area (Å²) < 4.78 is 7.26. The summed E-state index contributed by atoms with van der Waals surface area (Å²) in [5.74, 6) is 0.0625. The first kappa shape index (κ1) is 16.0. The summed E-state index contributed by atoms with van der Waals surface area (Å²) in [6.45, 7) is 8.27. The first-order valence-corrected chi connectivity index (χ1v) is 7.63. The fraction of sp³-hybridized carbons (Fsp3) is 0.733. The number of nitrogens with zero attached hydrogens (tertiary/aromatic N) is 2. The van der Waals surface area contributed by atoms with E-state index in [-0.39, 0.29) is 18.0 Å². The molecule has 6 nitrogen and oxygen atoms in total. The summed E-state index contributed by atoms with van der Waals surface area (Å²) in [6.07, 6.45) is 1.31. The molecule has 21 heavy (non-hydrogen) atoms. The number of rotatable bonds is 5. The highest BCUT2D eigenvalue weighted by atomic mass is 16.5. The average molecular weight is 294 g/mol. The molecule has 0 aromatic carbocycles. The highest BCUT2D eigenvalue weighted by molar-refractivity contribution is 5.77. The molecule has 2 rings (SSSR count). The Morgan fingerprint density at radius 2 is 2.33 bits per heavy atom. The Kier molecular flexibility index (Phi) is 5.36. The lowest BCUT2D eigenvalue weighted by atomic mass is 10.0. The van der Waals surface area contributed by atoms with Crippen LogP contribution in [0.3, 0.4) is 0 Å². The second kappa shape index (κ2) is 7.04. The number of amides is 1. The van der Waals surface area contributed by atoms with E-state index in [0.717, 1.165) is 36.5 Å². The molecular formula is C15H26N4O2. The largest absolute Gasteiger partial charge is 0.378 e. The molecular weight excluding hydrogens is 268 g/mol. The molecule has 0 saturated carbocycles. The van der Waals surface area contributed by atoms with Gasteiger partial charge in [-0.3, -0.25) is 9.48 Å². The summed E-state index contributed by atoms with van der Waals surface area (Å²) in [4.78, 5) is 12.2. The first-order chi connectivity index (χ1) is 10.0. The number of aromatic nitrogens is 2. The van der Waals surface area contributed by atoms with Crippen LogP contribution < -0.4 is 10.6 Å². The molecule has 1 amide bonds. The van der Waals surface area contributed by atoms with Gasteiger partial charge in [-0.05, 0) is 20.3 Å². The highest BCUT2D eigenvalue weighted by Gasteiger charge is 2.23. The molecule has 6 heteroatoms. The van der Waals surface area contributed by atoms with E-state index >= 15 is 0 Å². The van der Waals surface area contributed by atoms with Crippen molar-refractivity contribution in [2.24, 2.45) is 7.05 Å². The third-order valence-corrected chi connectivity index (χ3v) is 4.09. The minimum Gasteiger partial charge on any atom is -0.378 e. The molecule has 1 fully saturated rings.